The van der Waals surface area contributed by atoms with Crippen molar-refractivity contribution >= 4 is 24.1 Å². The molecule has 0 aliphatic rings. The first-order chi connectivity index (χ1) is 8.63. The number of nitro groups is 1. The van der Waals surface area contributed by atoms with Crippen molar-refractivity contribution in [3.05, 3.63) is 46.0 Å². The molecule has 0 aliphatic heterocycles. The first-order valence-corrected chi connectivity index (χ1v) is 4.91. The zero-order valence-corrected chi connectivity index (χ0v) is 9.57. The van der Waals surface area contributed by atoms with Crippen LogP contribution in [0.25, 0.3) is 6.08 Å². The van der Waals surface area contributed by atoms with Crippen molar-refractivity contribution in [3.8, 4) is 0 Å². The second-order valence-corrected chi connectivity index (χ2v) is 3.09. The Labute approximate surface area is 103 Å². The van der Waals surface area contributed by atoms with Gasteiger partial charge in [0.15, 0.2) is 0 Å². The molecule has 1 N–H and O–H groups in total. The van der Waals surface area contributed by atoms with Crippen molar-refractivity contribution < 1.29 is 14.5 Å². The molecular formula is C11H11N3O4. The SMILES string of the molecule is COC(=O)N/N=C\C=C\c1cccc([N+](=O)[O-])c1. The van der Waals surface area contributed by atoms with E-state index in [0.29, 0.717) is 5.56 Å². The summed E-state index contributed by atoms with van der Waals surface area (Å²) in [7, 11) is 1.23. The van der Waals surface area contributed by atoms with E-state index in [1.54, 1.807) is 18.2 Å². The van der Waals surface area contributed by atoms with Crippen LogP contribution in [0.1, 0.15) is 5.56 Å². The van der Waals surface area contributed by atoms with E-state index in [2.05, 4.69) is 15.3 Å². The van der Waals surface area contributed by atoms with Crippen LogP contribution in [0.5, 0.6) is 0 Å². The highest BCUT2D eigenvalue weighted by Gasteiger charge is 2.02. The lowest BCUT2D eigenvalue weighted by atomic mass is 10.2. The standard InChI is InChI=1S/C11H11N3O4/c1-18-11(15)13-12-7-3-5-9-4-2-6-10(8-9)14(16)17/h2-8H,1H3,(H,13,15)/b5-3+,12-7-. The Morgan fingerprint density at radius 3 is 3.00 bits per heavy atom. The number of allylic oxidation sites excluding steroid dienone is 1. The lowest BCUT2D eigenvalue weighted by Gasteiger charge is -1.94. The fraction of sp³-hybridized carbons (Fsp3) is 0.0909. The number of nitrogens with zero attached hydrogens (tertiary/aromatic N) is 2. The number of hydrogen-bond donors (Lipinski definition) is 1. The number of nitro benzene ring substituents is 1. The molecule has 0 spiro atoms. The number of carbonyl (C=O) groups is 1. The van der Waals surface area contributed by atoms with Crippen LogP contribution in [0.15, 0.2) is 35.4 Å². The summed E-state index contributed by atoms with van der Waals surface area (Å²) in [5, 5.41) is 14.1. The highest BCUT2D eigenvalue weighted by Crippen LogP contribution is 2.13. The molecule has 7 nitrogen and oxygen atoms in total. The Hall–Kier alpha value is -2.70. The van der Waals surface area contributed by atoms with Gasteiger partial charge in [-0.25, -0.2) is 10.2 Å². The monoisotopic (exact) mass is 249 g/mol. The maximum atomic E-state index is 10.6. The van der Waals surface area contributed by atoms with Crippen LogP contribution in [0.4, 0.5) is 10.5 Å². The minimum absolute atomic E-state index is 0.0155. The number of ether oxygens (including phenoxy) is 1. The summed E-state index contributed by atoms with van der Waals surface area (Å²) in [4.78, 5) is 20.7. The zero-order chi connectivity index (χ0) is 13.4. The van der Waals surface area contributed by atoms with E-state index in [4.69, 9.17) is 0 Å². The number of carbonyl (C=O) groups excluding carboxylic acids is 1. The molecule has 0 atom stereocenters. The number of hydrogen-bond acceptors (Lipinski definition) is 5. The van der Waals surface area contributed by atoms with Crippen LogP contribution in [-0.2, 0) is 4.74 Å². The number of hydrazone groups is 1. The van der Waals surface area contributed by atoms with E-state index in [9.17, 15) is 14.9 Å². The Balaban J connectivity index is 2.59. The van der Waals surface area contributed by atoms with Crippen LogP contribution in [0.3, 0.4) is 0 Å². The third-order valence-electron chi connectivity index (χ3n) is 1.87. The summed E-state index contributed by atoms with van der Waals surface area (Å²) in [6.07, 6.45) is 3.82. The zero-order valence-electron chi connectivity index (χ0n) is 9.57. The number of methoxy groups -OCH3 is 1. The normalized spacial score (nSPS) is 10.7. The third kappa shape index (κ3) is 4.44. The van der Waals surface area contributed by atoms with E-state index in [1.165, 1.54) is 31.5 Å². The van der Waals surface area contributed by atoms with E-state index in [-0.39, 0.29) is 5.69 Å². The van der Waals surface area contributed by atoms with Gasteiger partial charge in [-0.3, -0.25) is 10.1 Å². The minimum atomic E-state index is -0.671. The van der Waals surface area contributed by atoms with Crippen molar-refractivity contribution in [3.63, 3.8) is 0 Å². The maximum Gasteiger partial charge on any atom is 0.427 e. The molecule has 18 heavy (non-hydrogen) atoms. The molecule has 0 aliphatic carbocycles. The molecule has 1 rings (SSSR count). The molecule has 1 amide bonds. The van der Waals surface area contributed by atoms with Gasteiger partial charge >= 0.3 is 6.09 Å². The number of non-ortho nitro benzene ring substituents is 1. The third-order valence-corrected chi connectivity index (χ3v) is 1.87. The first kappa shape index (κ1) is 13.4. The average molecular weight is 249 g/mol. The molecule has 0 fully saturated rings. The van der Waals surface area contributed by atoms with Crippen LogP contribution in [-0.4, -0.2) is 24.3 Å². The molecule has 0 unspecified atom stereocenters. The molecule has 1 aromatic rings. The number of amides is 1. The predicted octanol–water partition coefficient (Wildman–Crippen LogP) is 1.95. The van der Waals surface area contributed by atoms with Gasteiger partial charge in [0.2, 0.25) is 0 Å². The van der Waals surface area contributed by atoms with Crippen molar-refractivity contribution in [1.29, 1.82) is 0 Å². The molecule has 0 aromatic heterocycles. The lowest BCUT2D eigenvalue weighted by Crippen LogP contribution is -2.16. The topological polar surface area (TPSA) is 93.8 Å². The molecule has 1 aromatic carbocycles. The summed E-state index contributed by atoms with van der Waals surface area (Å²) in [5.74, 6) is 0. The van der Waals surface area contributed by atoms with Gasteiger partial charge in [0.05, 0.1) is 12.0 Å². The maximum absolute atomic E-state index is 10.6. The minimum Gasteiger partial charge on any atom is -0.452 e. The van der Waals surface area contributed by atoms with Gasteiger partial charge in [-0.2, -0.15) is 5.10 Å². The highest BCUT2D eigenvalue weighted by atomic mass is 16.6. The van der Waals surface area contributed by atoms with Crippen molar-refractivity contribution in [1.82, 2.24) is 5.43 Å². The largest absolute Gasteiger partial charge is 0.452 e. The molecular weight excluding hydrogens is 238 g/mol. The molecule has 0 heterocycles. The fourth-order valence-electron chi connectivity index (χ4n) is 1.07. The summed E-state index contributed by atoms with van der Waals surface area (Å²) in [6, 6.07) is 6.13. The second kappa shape index (κ2) is 6.79. The number of rotatable bonds is 4. The van der Waals surface area contributed by atoms with E-state index in [0.717, 1.165) is 0 Å². The van der Waals surface area contributed by atoms with E-state index < -0.39 is 11.0 Å². The van der Waals surface area contributed by atoms with Gasteiger partial charge in [0, 0.05) is 18.3 Å². The van der Waals surface area contributed by atoms with Gasteiger partial charge in [-0.15, -0.1) is 0 Å². The quantitative estimate of drug-likeness (QED) is 0.501. The smallest absolute Gasteiger partial charge is 0.427 e. The number of benzene rings is 1. The highest BCUT2D eigenvalue weighted by molar-refractivity contribution is 5.79. The first-order valence-electron chi connectivity index (χ1n) is 4.91. The summed E-state index contributed by atoms with van der Waals surface area (Å²) < 4.78 is 4.29. The van der Waals surface area contributed by atoms with Crippen molar-refractivity contribution in [2.75, 3.05) is 7.11 Å². The Morgan fingerprint density at radius 2 is 2.33 bits per heavy atom. The van der Waals surface area contributed by atoms with Crippen molar-refractivity contribution in [2.24, 2.45) is 5.10 Å². The predicted molar refractivity (Wildman–Crippen MR) is 66.2 cm³/mol. The average Bonchev–Trinajstić information content (AvgIpc) is 2.38. The Morgan fingerprint density at radius 1 is 1.56 bits per heavy atom. The lowest BCUT2D eigenvalue weighted by molar-refractivity contribution is -0.384. The molecule has 0 bridgehead atoms. The van der Waals surface area contributed by atoms with Crippen LogP contribution in [0.2, 0.25) is 0 Å². The Bertz CT molecular complexity index is 497. The van der Waals surface area contributed by atoms with Crippen LogP contribution >= 0.6 is 0 Å². The van der Waals surface area contributed by atoms with Crippen LogP contribution in [0, 0.1) is 10.1 Å². The summed E-state index contributed by atoms with van der Waals surface area (Å²) >= 11 is 0. The molecule has 7 heteroatoms. The molecule has 94 valence electrons. The van der Waals surface area contributed by atoms with Gasteiger partial charge in [0.25, 0.3) is 5.69 Å². The number of nitrogens with one attached hydrogen (secondary N) is 1. The molecule has 0 saturated carbocycles. The molecule has 0 saturated heterocycles. The van der Waals surface area contributed by atoms with E-state index >= 15 is 0 Å². The van der Waals surface area contributed by atoms with Gasteiger partial charge in [-0.1, -0.05) is 18.2 Å². The van der Waals surface area contributed by atoms with Gasteiger partial charge in [-0.05, 0) is 11.6 Å². The van der Waals surface area contributed by atoms with Gasteiger partial charge in [0.1, 0.15) is 0 Å². The van der Waals surface area contributed by atoms with Gasteiger partial charge < -0.3 is 4.74 Å². The van der Waals surface area contributed by atoms with Crippen molar-refractivity contribution in [2.45, 2.75) is 0 Å². The van der Waals surface area contributed by atoms with Crippen LogP contribution < -0.4 is 5.43 Å². The second-order valence-electron chi connectivity index (χ2n) is 3.09. The Kier molecular flexibility index (Phi) is 5.04. The fourth-order valence-corrected chi connectivity index (χ4v) is 1.07. The van der Waals surface area contributed by atoms with E-state index in [1.807, 2.05) is 0 Å². The summed E-state index contributed by atoms with van der Waals surface area (Å²) in [5.41, 5.74) is 2.77. The molecule has 0 radical (unpaired) electrons. The summed E-state index contributed by atoms with van der Waals surface area (Å²) in [6.45, 7) is 0.